The molecule has 31 heavy (non-hydrogen) atoms. The van der Waals surface area contributed by atoms with Crippen LogP contribution in [0.1, 0.15) is 26.3 Å². The SMILES string of the molecule is COCc1ccc(N(C(=O)OC(C)(C)C)c2cc(N(C)C(=O)O)ncn2)c([N+](=O)[O-])c1. The number of aromatic nitrogens is 2. The molecule has 0 unspecified atom stereocenters. The molecule has 2 rings (SSSR count). The first-order valence-corrected chi connectivity index (χ1v) is 9.02. The Kier molecular flexibility index (Phi) is 7.08. The molecule has 1 aromatic carbocycles. The van der Waals surface area contributed by atoms with E-state index < -0.39 is 22.7 Å². The highest BCUT2D eigenvalue weighted by molar-refractivity contribution is 5.98. The van der Waals surface area contributed by atoms with Crippen LogP contribution in [-0.2, 0) is 16.1 Å². The van der Waals surface area contributed by atoms with E-state index in [9.17, 15) is 24.8 Å². The van der Waals surface area contributed by atoms with E-state index >= 15 is 0 Å². The summed E-state index contributed by atoms with van der Waals surface area (Å²) in [6, 6.07) is 5.43. The molecule has 0 atom stereocenters. The quantitative estimate of drug-likeness (QED) is 0.531. The minimum atomic E-state index is -1.29. The number of anilines is 3. The van der Waals surface area contributed by atoms with Gasteiger partial charge in [0.1, 0.15) is 29.3 Å². The number of hydrogen-bond acceptors (Lipinski definition) is 8. The van der Waals surface area contributed by atoms with Crippen LogP contribution in [0.2, 0.25) is 0 Å². The van der Waals surface area contributed by atoms with Crippen molar-refractivity contribution in [2.75, 3.05) is 24.0 Å². The maximum Gasteiger partial charge on any atom is 0.420 e. The number of carbonyl (C=O) groups is 2. The Bertz CT molecular complexity index is 990. The number of carbonyl (C=O) groups excluding carboxylic acids is 1. The molecule has 0 saturated carbocycles. The second-order valence-corrected chi connectivity index (χ2v) is 7.40. The van der Waals surface area contributed by atoms with Crippen molar-refractivity contribution in [2.24, 2.45) is 0 Å². The molecule has 166 valence electrons. The zero-order chi connectivity index (χ0) is 23.3. The van der Waals surface area contributed by atoms with E-state index in [4.69, 9.17) is 9.47 Å². The number of amides is 2. The van der Waals surface area contributed by atoms with Gasteiger partial charge in [0.25, 0.3) is 5.69 Å². The highest BCUT2D eigenvalue weighted by Gasteiger charge is 2.32. The summed E-state index contributed by atoms with van der Waals surface area (Å²) in [5.74, 6) is -0.139. The lowest BCUT2D eigenvalue weighted by molar-refractivity contribution is -0.384. The highest BCUT2D eigenvalue weighted by atomic mass is 16.6. The van der Waals surface area contributed by atoms with Crippen molar-refractivity contribution < 1.29 is 29.1 Å². The molecule has 0 bridgehead atoms. The molecule has 1 N–H and O–H groups in total. The summed E-state index contributed by atoms with van der Waals surface area (Å²) in [6.07, 6.45) is -1.17. The number of hydrogen-bond donors (Lipinski definition) is 1. The molecule has 0 radical (unpaired) electrons. The molecule has 0 aliphatic heterocycles. The summed E-state index contributed by atoms with van der Waals surface area (Å²) in [7, 11) is 2.71. The van der Waals surface area contributed by atoms with Gasteiger partial charge in [-0.05, 0) is 32.4 Å². The van der Waals surface area contributed by atoms with Crippen LogP contribution in [-0.4, -0.2) is 51.9 Å². The number of nitro groups is 1. The minimum Gasteiger partial charge on any atom is -0.465 e. The molecule has 0 aliphatic carbocycles. The number of carboxylic acid groups (broad SMARTS) is 1. The lowest BCUT2D eigenvalue weighted by atomic mass is 10.1. The van der Waals surface area contributed by atoms with Crippen molar-refractivity contribution in [1.29, 1.82) is 0 Å². The smallest absolute Gasteiger partial charge is 0.420 e. The zero-order valence-corrected chi connectivity index (χ0v) is 17.7. The van der Waals surface area contributed by atoms with Crippen molar-refractivity contribution in [3.8, 4) is 0 Å². The first-order chi connectivity index (χ1) is 14.4. The molecular formula is C19H23N5O7. The molecule has 0 spiro atoms. The van der Waals surface area contributed by atoms with Gasteiger partial charge in [0.2, 0.25) is 0 Å². The average molecular weight is 433 g/mol. The lowest BCUT2D eigenvalue weighted by Crippen LogP contribution is -2.35. The third-order valence-corrected chi connectivity index (χ3v) is 3.86. The first-order valence-electron chi connectivity index (χ1n) is 9.02. The van der Waals surface area contributed by atoms with Crippen molar-refractivity contribution in [1.82, 2.24) is 9.97 Å². The fourth-order valence-corrected chi connectivity index (χ4v) is 2.52. The van der Waals surface area contributed by atoms with Gasteiger partial charge >= 0.3 is 12.2 Å². The topological polar surface area (TPSA) is 148 Å². The Balaban J connectivity index is 2.68. The second-order valence-electron chi connectivity index (χ2n) is 7.40. The number of rotatable bonds is 6. The van der Waals surface area contributed by atoms with Crippen LogP contribution >= 0.6 is 0 Å². The number of nitrogens with zero attached hydrogens (tertiary/aromatic N) is 5. The molecule has 2 amide bonds. The van der Waals surface area contributed by atoms with Crippen molar-refractivity contribution >= 4 is 35.2 Å². The molecule has 1 heterocycles. The number of benzene rings is 1. The van der Waals surface area contributed by atoms with Gasteiger partial charge in [-0.25, -0.2) is 24.5 Å². The normalized spacial score (nSPS) is 11.0. The van der Waals surface area contributed by atoms with Gasteiger partial charge in [-0.2, -0.15) is 0 Å². The van der Waals surface area contributed by atoms with E-state index in [0.717, 1.165) is 16.1 Å². The number of ether oxygens (including phenoxy) is 2. The Morgan fingerprint density at radius 1 is 1.19 bits per heavy atom. The van der Waals surface area contributed by atoms with E-state index in [1.165, 1.54) is 32.4 Å². The van der Waals surface area contributed by atoms with Crippen LogP contribution in [0.15, 0.2) is 30.6 Å². The van der Waals surface area contributed by atoms with E-state index in [1.807, 2.05) is 0 Å². The van der Waals surface area contributed by atoms with Crippen LogP contribution in [0.25, 0.3) is 0 Å². The lowest BCUT2D eigenvalue weighted by Gasteiger charge is -2.27. The maximum absolute atomic E-state index is 13.0. The zero-order valence-electron chi connectivity index (χ0n) is 17.7. The molecule has 2 aromatic rings. The Hall–Kier alpha value is -3.80. The summed E-state index contributed by atoms with van der Waals surface area (Å²) in [4.78, 5) is 45.0. The van der Waals surface area contributed by atoms with Gasteiger partial charge in [-0.3, -0.25) is 15.0 Å². The van der Waals surface area contributed by atoms with Gasteiger partial charge in [0.05, 0.1) is 11.5 Å². The predicted octanol–water partition coefficient (Wildman–Crippen LogP) is 3.72. The van der Waals surface area contributed by atoms with Crippen molar-refractivity contribution in [2.45, 2.75) is 33.0 Å². The largest absolute Gasteiger partial charge is 0.465 e. The third-order valence-electron chi connectivity index (χ3n) is 3.86. The minimum absolute atomic E-state index is 0.0373. The Labute approximate surface area is 178 Å². The van der Waals surface area contributed by atoms with Crippen LogP contribution in [0.3, 0.4) is 0 Å². The summed E-state index contributed by atoms with van der Waals surface area (Å²) in [6.45, 7) is 5.06. The molecule has 0 saturated heterocycles. The summed E-state index contributed by atoms with van der Waals surface area (Å²) < 4.78 is 10.4. The predicted molar refractivity (Wildman–Crippen MR) is 111 cm³/mol. The van der Waals surface area contributed by atoms with Crippen LogP contribution in [0.4, 0.5) is 32.6 Å². The molecular weight excluding hydrogens is 410 g/mol. The van der Waals surface area contributed by atoms with Gasteiger partial charge in [-0.15, -0.1) is 0 Å². The maximum atomic E-state index is 13.0. The summed E-state index contributed by atoms with van der Waals surface area (Å²) >= 11 is 0. The molecule has 12 nitrogen and oxygen atoms in total. The summed E-state index contributed by atoms with van der Waals surface area (Å²) in [5.41, 5.74) is -0.877. The first kappa shape index (κ1) is 23.5. The number of methoxy groups -OCH3 is 1. The molecule has 0 aliphatic rings. The Morgan fingerprint density at radius 2 is 1.84 bits per heavy atom. The van der Waals surface area contributed by atoms with E-state index in [1.54, 1.807) is 26.8 Å². The molecule has 12 heteroatoms. The van der Waals surface area contributed by atoms with Crippen molar-refractivity contribution in [3.63, 3.8) is 0 Å². The van der Waals surface area contributed by atoms with Crippen LogP contribution in [0.5, 0.6) is 0 Å². The third kappa shape index (κ3) is 5.85. The van der Waals surface area contributed by atoms with Crippen LogP contribution < -0.4 is 9.80 Å². The fraction of sp³-hybridized carbons (Fsp3) is 0.368. The monoisotopic (exact) mass is 433 g/mol. The highest BCUT2D eigenvalue weighted by Crippen LogP contribution is 2.35. The molecule has 1 aromatic heterocycles. The van der Waals surface area contributed by atoms with Crippen molar-refractivity contribution in [3.05, 3.63) is 46.3 Å². The van der Waals surface area contributed by atoms with Gasteiger partial charge < -0.3 is 14.6 Å². The van der Waals surface area contributed by atoms with Crippen LogP contribution in [0, 0.1) is 10.1 Å². The number of nitro benzene ring substituents is 1. The van der Waals surface area contributed by atoms with Gasteiger partial charge in [0.15, 0.2) is 0 Å². The average Bonchev–Trinajstić information content (AvgIpc) is 2.67. The summed E-state index contributed by atoms with van der Waals surface area (Å²) in [5, 5.41) is 21.0. The van der Waals surface area contributed by atoms with Gasteiger partial charge in [-0.1, -0.05) is 6.07 Å². The molecule has 0 fully saturated rings. The van der Waals surface area contributed by atoms with E-state index in [0.29, 0.717) is 5.56 Å². The fourth-order valence-electron chi connectivity index (χ4n) is 2.52. The standard InChI is InChI=1S/C19H23N5O7/c1-19(2,3)31-18(27)23(16-9-15(20-11-21-16)22(4)17(25)26)13-7-6-12(10-30-5)8-14(13)24(28)29/h6-9,11H,10H2,1-5H3,(H,25,26). The second kappa shape index (κ2) is 9.34. The Morgan fingerprint density at radius 3 is 2.39 bits per heavy atom. The van der Waals surface area contributed by atoms with E-state index in [2.05, 4.69) is 9.97 Å². The van der Waals surface area contributed by atoms with E-state index in [-0.39, 0.29) is 29.6 Å². The van der Waals surface area contributed by atoms with Gasteiger partial charge in [0, 0.05) is 26.3 Å².